The molecule has 1 aliphatic carbocycles. The van der Waals surface area contributed by atoms with Crippen molar-refractivity contribution >= 4 is 56.2 Å². The highest BCUT2D eigenvalue weighted by Gasteiger charge is 2.29. The molecule has 0 aliphatic heterocycles. The fourth-order valence-electron chi connectivity index (χ4n) is 3.68. The summed E-state index contributed by atoms with van der Waals surface area (Å²) in [6.07, 6.45) is 0. The summed E-state index contributed by atoms with van der Waals surface area (Å²) in [6.45, 7) is 0. The first-order valence-corrected chi connectivity index (χ1v) is 10.6. The lowest BCUT2D eigenvalue weighted by atomic mass is 9.84. The first-order valence-electron chi connectivity index (χ1n) is 9.38. The van der Waals surface area contributed by atoms with E-state index in [0.717, 1.165) is 10.1 Å². The van der Waals surface area contributed by atoms with Crippen LogP contribution >= 0.6 is 22.9 Å². The highest BCUT2D eigenvalue weighted by molar-refractivity contribution is 7.21. The third-order valence-corrected chi connectivity index (χ3v) is 6.90. The average molecular weight is 448 g/mol. The molecule has 1 aliphatic rings. The molecule has 0 fully saturated rings. The van der Waals surface area contributed by atoms with E-state index in [0.29, 0.717) is 38.0 Å². The number of ketones is 2. The van der Waals surface area contributed by atoms with Crippen LogP contribution in [0.25, 0.3) is 10.1 Å². The zero-order valence-electron chi connectivity index (χ0n) is 16.2. The van der Waals surface area contributed by atoms with Crippen molar-refractivity contribution in [2.45, 2.75) is 0 Å². The summed E-state index contributed by atoms with van der Waals surface area (Å²) in [5.74, 6) is -0.185. The molecule has 0 radical (unpaired) electrons. The first-order chi connectivity index (χ1) is 15.0. The number of ether oxygens (including phenoxy) is 1. The second-order valence-corrected chi connectivity index (χ2v) is 8.46. The van der Waals surface area contributed by atoms with Crippen LogP contribution in [-0.2, 0) is 0 Å². The van der Waals surface area contributed by atoms with Gasteiger partial charge in [0.15, 0.2) is 11.6 Å². The van der Waals surface area contributed by atoms with E-state index >= 15 is 0 Å². The molecule has 5 nitrogen and oxygen atoms in total. The van der Waals surface area contributed by atoms with E-state index in [2.05, 4.69) is 5.32 Å². The van der Waals surface area contributed by atoms with Crippen LogP contribution in [0, 0.1) is 0 Å². The van der Waals surface area contributed by atoms with Gasteiger partial charge in [-0.2, -0.15) is 0 Å². The smallest absolute Gasteiger partial charge is 0.267 e. The SMILES string of the molecule is COc1ccc2sc(C(=O)Nc3ccc4c(c3)C(=O)c3ccccc3C4=O)c(Cl)c2c1. The molecular weight excluding hydrogens is 434 g/mol. The second-order valence-electron chi connectivity index (χ2n) is 7.03. The van der Waals surface area contributed by atoms with Crippen molar-refractivity contribution in [3.63, 3.8) is 0 Å². The van der Waals surface area contributed by atoms with Gasteiger partial charge in [0.05, 0.1) is 12.1 Å². The van der Waals surface area contributed by atoms with Gasteiger partial charge in [-0.15, -0.1) is 11.3 Å². The van der Waals surface area contributed by atoms with Gasteiger partial charge in [-0.3, -0.25) is 14.4 Å². The van der Waals surface area contributed by atoms with E-state index < -0.39 is 0 Å². The van der Waals surface area contributed by atoms with Crippen molar-refractivity contribution in [2.75, 3.05) is 12.4 Å². The Kier molecular flexibility index (Phi) is 4.61. The summed E-state index contributed by atoms with van der Waals surface area (Å²) in [5.41, 5.74) is 1.77. The number of rotatable bonds is 3. The molecule has 0 atom stereocenters. The fourth-order valence-corrected chi connectivity index (χ4v) is 5.07. The minimum atomic E-state index is -0.389. The highest BCUT2D eigenvalue weighted by Crippen LogP contribution is 2.38. The number of carbonyl (C=O) groups is 3. The number of methoxy groups -OCH3 is 1. The number of fused-ring (bicyclic) bond motifs is 3. The summed E-state index contributed by atoms with van der Waals surface area (Å²) in [6, 6.07) is 16.9. The standard InChI is InChI=1S/C24H14ClNO4S/c1-30-13-7-9-19-18(11-13)20(25)23(31-19)24(29)26-12-6-8-16-17(10-12)22(28)15-5-3-2-4-14(15)21(16)27/h2-11H,1H3,(H,26,29). The van der Waals surface area contributed by atoms with Gasteiger partial charge in [0.2, 0.25) is 0 Å². The number of nitrogens with one attached hydrogen (secondary N) is 1. The molecular formula is C24H14ClNO4S. The molecule has 0 bridgehead atoms. The van der Waals surface area contributed by atoms with Gasteiger partial charge in [0, 0.05) is 38.0 Å². The van der Waals surface area contributed by atoms with Crippen molar-refractivity contribution in [3.8, 4) is 5.75 Å². The topological polar surface area (TPSA) is 72.5 Å². The molecule has 31 heavy (non-hydrogen) atoms. The monoisotopic (exact) mass is 447 g/mol. The van der Waals surface area contributed by atoms with E-state index in [9.17, 15) is 14.4 Å². The number of anilines is 1. The predicted octanol–water partition coefficient (Wildman–Crippen LogP) is 5.59. The van der Waals surface area contributed by atoms with Gasteiger partial charge in [0.25, 0.3) is 5.91 Å². The third-order valence-electron chi connectivity index (χ3n) is 5.22. The lowest BCUT2D eigenvalue weighted by Gasteiger charge is -2.18. The molecule has 0 saturated carbocycles. The van der Waals surface area contributed by atoms with Crippen LogP contribution in [0.5, 0.6) is 5.75 Å². The fraction of sp³-hybridized carbons (Fsp3) is 0.0417. The molecule has 4 aromatic rings. The van der Waals surface area contributed by atoms with Crippen LogP contribution in [0.3, 0.4) is 0 Å². The zero-order valence-corrected chi connectivity index (χ0v) is 17.8. The second kappa shape index (κ2) is 7.34. The third kappa shape index (κ3) is 3.12. The highest BCUT2D eigenvalue weighted by atomic mass is 35.5. The number of thiophene rings is 1. The van der Waals surface area contributed by atoms with Crippen LogP contribution in [0.4, 0.5) is 5.69 Å². The van der Waals surface area contributed by atoms with Crippen LogP contribution in [-0.4, -0.2) is 24.6 Å². The van der Waals surface area contributed by atoms with Crippen molar-refractivity contribution in [1.82, 2.24) is 0 Å². The maximum Gasteiger partial charge on any atom is 0.267 e. The number of hydrogen-bond donors (Lipinski definition) is 1. The number of halogens is 1. The first kappa shape index (κ1) is 19.5. The molecule has 0 unspecified atom stereocenters. The maximum atomic E-state index is 12.9. The maximum absolute atomic E-state index is 12.9. The molecule has 152 valence electrons. The number of benzene rings is 3. The molecule has 1 aromatic heterocycles. The Hall–Kier alpha value is -3.48. The van der Waals surface area contributed by atoms with Gasteiger partial charge < -0.3 is 10.1 Å². The van der Waals surface area contributed by atoms with Gasteiger partial charge in [-0.05, 0) is 36.4 Å². The molecule has 5 rings (SSSR count). The van der Waals surface area contributed by atoms with Crippen LogP contribution < -0.4 is 10.1 Å². The van der Waals surface area contributed by atoms with Gasteiger partial charge >= 0.3 is 0 Å². The Bertz CT molecular complexity index is 1420. The van der Waals surface area contributed by atoms with E-state index in [1.165, 1.54) is 17.4 Å². The normalized spacial score (nSPS) is 12.5. The number of amides is 1. The Morgan fingerprint density at radius 2 is 1.58 bits per heavy atom. The van der Waals surface area contributed by atoms with Gasteiger partial charge in [-0.25, -0.2) is 0 Å². The van der Waals surface area contributed by atoms with Crippen LogP contribution in [0.2, 0.25) is 5.02 Å². The van der Waals surface area contributed by atoms with E-state index in [4.69, 9.17) is 16.3 Å². The molecule has 7 heteroatoms. The summed E-state index contributed by atoms with van der Waals surface area (Å²) in [4.78, 5) is 38.9. The quantitative estimate of drug-likeness (QED) is 0.391. The Morgan fingerprint density at radius 3 is 2.29 bits per heavy atom. The Morgan fingerprint density at radius 1 is 0.903 bits per heavy atom. The molecule has 1 heterocycles. The Labute approximate surface area is 186 Å². The van der Waals surface area contributed by atoms with E-state index in [1.807, 2.05) is 6.07 Å². The summed E-state index contributed by atoms with van der Waals surface area (Å²) >= 11 is 7.73. The van der Waals surface area contributed by atoms with E-state index in [1.54, 1.807) is 55.6 Å². The number of carbonyl (C=O) groups excluding carboxylic acids is 3. The molecule has 0 saturated heterocycles. The van der Waals surface area contributed by atoms with E-state index in [-0.39, 0.29) is 23.0 Å². The molecule has 1 N–H and O–H groups in total. The average Bonchev–Trinajstić information content (AvgIpc) is 3.13. The van der Waals surface area contributed by atoms with Crippen molar-refractivity contribution in [3.05, 3.63) is 92.8 Å². The lowest BCUT2D eigenvalue weighted by Crippen LogP contribution is -2.21. The predicted molar refractivity (Wildman–Crippen MR) is 121 cm³/mol. The minimum absolute atomic E-state index is 0.204. The molecule has 0 spiro atoms. The zero-order chi connectivity index (χ0) is 21.7. The van der Waals surface area contributed by atoms with Crippen LogP contribution in [0.1, 0.15) is 41.5 Å². The summed E-state index contributed by atoms with van der Waals surface area (Å²) in [7, 11) is 1.57. The van der Waals surface area contributed by atoms with Crippen molar-refractivity contribution in [1.29, 1.82) is 0 Å². The van der Waals surface area contributed by atoms with Crippen molar-refractivity contribution in [2.24, 2.45) is 0 Å². The summed E-state index contributed by atoms with van der Waals surface area (Å²) < 4.78 is 6.09. The van der Waals surface area contributed by atoms with Crippen LogP contribution in [0.15, 0.2) is 60.7 Å². The largest absolute Gasteiger partial charge is 0.497 e. The minimum Gasteiger partial charge on any atom is -0.497 e. The van der Waals surface area contributed by atoms with Crippen molar-refractivity contribution < 1.29 is 19.1 Å². The molecule has 3 aromatic carbocycles. The molecule has 1 amide bonds. The van der Waals surface area contributed by atoms with Gasteiger partial charge in [0.1, 0.15) is 10.6 Å². The summed E-state index contributed by atoms with van der Waals surface area (Å²) in [5, 5.41) is 3.87. The lowest BCUT2D eigenvalue weighted by molar-refractivity contribution is 0.0979. The number of hydrogen-bond acceptors (Lipinski definition) is 5. The van der Waals surface area contributed by atoms with Gasteiger partial charge in [-0.1, -0.05) is 35.9 Å². The Balaban J connectivity index is 1.48.